The molecule has 0 amide bonds. The Morgan fingerprint density at radius 2 is 2.00 bits per heavy atom. The maximum atomic E-state index is 12.7. The van der Waals surface area contributed by atoms with Crippen LogP contribution >= 0.6 is 24.2 Å². The first kappa shape index (κ1) is 22.6. The maximum absolute atomic E-state index is 12.7. The van der Waals surface area contributed by atoms with Crippen molar-refractivity contribution in [3.8, 4) is 0 Å². The fourth-order valence-corrected chi connectivity index (χ4v) is 6.50. The summed E-state index contributed by atoms with van der Waals surface area (Å²) >= 11 is 1.70. The van der Waals surface area contributed by atoms with Crippen LogP contribution in [-0.2, 0) is 22.9 Å². The minimum atomic E-state index is -3.57. The summed E-state index contributed by atoms with van der Waals surface area (Å²) in [6, 6.07) is 5.95. The zero-order chi connectivity index (χ0) is 20.6. The van der Waals surface area contributed by atoms with Crippen molar-refractivity contribution in [2.75, 3.05) is 11.5 Å². The van der Waals surface area contributed by atoms with E-state index in [1.165, 1.54) is 16.1 Å². The topological polar surface area (TPSA) is 95.4 Å². The number of halogens is 1. The number of unbranched alkanes of at least 4 members (excludes halogenated alkanes) is 1. The van der Waals surface area contributed by atoms with E-state index in [1.807, 2.05) is 28.8 Å². The molecule has 0 aliphatic carbocycles. The third-order valence-electron chi connectivity index (χ3n) is 5.10. The van der Waals surface area contributed by atoms with Crippen molar-refractivity contribution < 1.29 is 8.42 Å². The van der Waals surface area contributed by atoms with E-state index in [2.05, 4.69) is 4.98 Å². The lowest BCUT2D eigenvalue weighted by Gasteiger charge is -2.21. The number of sulfone groups is 1. The second-order valence-corrected chi connectivity index (χ2v) is 10.2. The van der Waals surface area contributed by atoms with Crippen LogP contribution in [0.4, 0.5) is 0 Å². The highest BCUT2D eigenvalue weighted by Gasteiger charge is 2.29. The first-order valence-corrected chi connectivity index (χ1v) is 12.2. The van der Waals surface area contributed by atoms with Crippen LogP contribution in [0, 0.1) is 6.92 Å². The number of nitrogens with zero attached hydrogens (tertiary/aromatic N) is 4. The van der Waals surface area contributed by atoms with Gasteiger partial charge in [0.2, 0.25) is 0 Å². The van der Waals surface area contributed by atoms with E-state index in [1.54, 1.807) is 18.0 Å². The number of aromatic nitrogens is 4. The molecule has 3 aromatic rings. The Morgan fingerprint density at radius 3 is 2.80 bits per heavy atom. The predicted octanol–water partition coefficient (Wildman–Crippen LogP) is 2.14. The van der Waals surface area contributed by atoms with Crippen molar-refractivity contribution in [1.29, 1.82) is 0 Å². The quantitative estimate of drug-likeness (QED) is 0.311. The molecule has 0 spiro atoms. The Balaban J connectivity index is 0.00000256. The van der Waals surface area contributed by atoms with E-state index < -0.39 is 21.1 Å². The standard InChI is InChI=1S/C19H22N4O4S2.ClH/c1-14-17(24)22(19(25)23-10-5-13-29(26,27)18(14)23)9-2-3-12-28-16-7-4-6-15-20-8-11-21(15)16;/h4,6-8,11H,2-3,5,9-10,12-13H2,1H3;1H. The molecule has 0 atom stereocenters. The molecule has 0 radical (unpaired) electrons. The van der Waals surface area contributed by atoms with Gasteiger partial charge in [0.25, 0.3) is 5.56 Å². The van der Waals surface area contributed by atoms with Gasteiger partial charge >= 0.3 is 5.69 Å². The molecule has 0 aromatic carbocycles. The predicted molar refractivity (Wildman–Crippen MR) is 119 cm³/mol. The van der Waals surface area contributed by atoms with E-state index >= 15 is 0 Å². The number of pyridine rings is 1. The molecule has 4 heterocycles. The van der Waals surface area contributed by atoms with Gasteiger partial charge in [-0.1, -0.05) is 6.07 Å². The van der Waals surface area contributed by atoms with Gasteiger partial charge in [0.1, 0.15) is 10.7 Å². The van der Waals surface area contributed by atoms with Gasteiger partial charge in [0.05, 0.1) is 16.3 Å². The summed E-state index contributed by atoms with van der Waals surface area (Å²) in [6.07, 6.45) is 5.55. The summed E-state index contributed by atoms with van der Waals surface area (Å²) in [5, 5.41) is 0.992. The lowest BCUT2D eigenvalue weighted by atomic mass is 10.3. The lowest BCUT2D eigenvalue weighted by Crippen LogP contribution is -2.45. The Morgan fingerprint density at radius 1 is 1.20 bits per heavy atom. The first-order chi connectivity index (χ1) is 13.9. The zero-order valence-corrected chi connectivity index (χ0v) is 18.9. The monoisotopic (exact) mass is 470 g/mol. The molecule has 0 saturated carbocycles. The molecular weight excluding hydrogens is 448 g/mol. The second-order valence-electron chi connectivity index (χ2n) is 7.07. The van der Waals surface area contributed by atoms with Gasteiger partial charge in [-0.15, -0.1) is 24.2 Å². The zero-order valence-electron chi connectivity index (χ0n) is 16.5. The van der Waals surface area contributed by atoms with Gasteiger partial charge < -0.3 is 0 Å². The summed E-state index contributed by atoms with van der Waals surface area (Å²) < 4.78 is 29.1. The van der Waals surface area contributed by atoms with E-state index in [9.17, 15) is 18.0 Å². The van der Waals surface area contributed by atoms with Crippen LogP contribution in [0.15, 0.2) is 50.2 Å². The molecule has 0 bridgehead atoms. The van der Waals surface area contributed by atoms with Gasteiger partial charge in [-0.05, 0) is 44.1 Å². The molecule has 0 saturated heterocycles. The van der Waals surface area contributed by atoms with Crippen LogP contribution in [0.5, 0.6) is 0 Å². The summed E-state index contributed by atoms with van der Waals surface area (Å²) in [7, 11) is -3.57. The molecule has 30 heavy (non-hydrogen) atoms. The van der Waals surface area contributed by atoms with Crippen molar-refractivity contribution in [3.63, 3.8) is 0 Å². The number of thioether (sulfide) groups is 1. The van der Waals surface area contributed by atoms with Gasteiger partial charge in [-0.25, -0.2) is 18.2 Å². The fraction of sp³-hybridized carbons (Fsp3) is 0.421. The summed E-state index contributed by atoms with van der Waals surface area (Å²) in [4.78, 5) is 29.6. The molecule has 1 aliphatic rings. The molecule has 0 N–H and O–H groups in total. The largest absolute Gasteiger partial charge is 0.331 e. The highest BCUT2D eigenvalue weighted by Crippen LogP contribution is 2.21. The molecule has 3 aromatic heterocycles. The number of hydrogen-bond acceptors (Lipinski definition) is 6. The highest BCUT2D eigenvalue weighted by molar-refractivity contribution is 7.99. The SMILES string of the molecule is Cc1c2n(c(=O)n(CCCCSc3cccc4nccn34)c1=O)CCCS2(=O)=O.Cl. The van der Waals surface area contributed by atoms with E-state index in [-0.39, 0.29) is 35.3 Å². The average Bonchev–Trinajstić information content (AvgIpc) is 3.17. The third kappa shape index (κ3) is 4.08. The Labute approximate surface area is 184 Å². The molecular formula is C19H23ClN4O4S2. The van der Waals surface area contributed by atoms with Crippen LogP contribution < -0.4 is 11.2 Å². The minimum Gasteiger partial charge on any atom is -0.294 e. The maximum Gasteiger partial charge on any atom is 0.331 e. The summed E-state index contributed by atoms with van der Waals surface area (Å²) in [6.45, 7) is 2.11. The van der Waals surface area contributed by atoms with Gasteiger partial charge in [0.15, 0.2) is 9.84 Å². The molecule has 8 nitrogen and oxygen atoms in total. The van der Waals surface area contributed by atoms with Crippen molar-refractivity contribution >= 4 is 39.7 Å². The minimum absolute atomic E-state index is 0. The highest BCUT2D eigenvalue weighted by atomic mass is 35.5. The van der Waals surface area contributed by atoms with Crippen molar-refractivity contribution in [2.45, 2.75) is 49.3 Å². The van der Waals surface area contributed by atoms with Crippen LogP contribution in [0.2, 0.25) is 0 Å². The molecule has 1 aliphatic heterocycles. The van der Waals surface area contributed by atoms with Gasteiger partial charge in [-0.3, -0.25) is 18.3 Å². The first-order valence-electron chi connectivity index (χ1n) is 9.52. The third-order valence-corrected chi connectivity index (χ3v) is 8.16. The van der Waals surface area contributed by atoms with Crippen LogP contribution in [-0.4, -0.2) is 38.4 Å². The number of hydrogen-bond donors (Lipinski definition) is 0. The average molecular weight is 471 g/mol. The number of imidazole rings is 1. The lowest BCUT2D eigenvalue weighted by molar-refractivity contribution is 0.465. The Bertz CT molecular complexity index is 1290. The van der Waals surface area contributed by atoms with Crippen LogP contribution in [0.3, 0.4) is 0 Å². The summed E-state index contributed by atoms with van der Waals surface area (Å²) in [5.41, 5.74) is 0.0248. The smallest absolute Gasteiger partial charge is 0.294 e. The Hall–Kier alpha value is -2.04. The number of fused-ring (bicyclic) bond motifs is 2. The summed E-state index contributed by atoms with van der Waals surface area (Å²) in [5.74, 6) is 0.823. The van der Waals surface area contributed by atoms with E-state index in [4.69, 9.17) is 0 Å². The fourth-order valence-electron chi connectivity index (χ4n) is 3.71. The Kier molecular flexibility index (Phi) is 6.78. The van der Waals surface area contributed by atoms with E-state index in [0.29, 0.717) is 19.4 Å². The molecule has 11 heteroatoms. The van der Waals surface area contributed by atoms with Crippen molar-refractivity contribution in [1.82, 2.24) is 18.5 Å². The van der Waals surface area contributed by atoms with Gasteiger partial charge in [0, 0.05) is 25.5 Å². The number of rotatable bonds is 6. The van der Waals surface area contributed by atoms with Crippen LogP contribution in [0.1, 0.15) is 24.8 Å². The van der Waals surface area contributed by atoms with E-state index in [0.717, 1.165) is 22.8 Å². The molecule has 0 fully saturated rings. The molecule has 4 rings (SSSR count). The van der Waals surface area contributed by atoms with Gasteiger partial charge in [-0.2, -0.15) is 0 Å². The molecule has 162 valence electrons. The van der Waals surface area contributed by atoms with Crippen LogP contribution in [0.25, 0.3) is 5.65 Å². The normalized spacial score (nSPS) is 15.0. The molecule has 0 unspecified atom stereocenters. The second kappa shape index (κ2) is 8.99. The van der Waals surface area contributed by atoms with Crippen molar-refractivity contribution in [3.05, 3.63) is 57.0 Å². The van der Waals surface area contributed by atoms with Crippen molar-refractivity contribution in [2.24, 2.45) is 0 Å².